The van der Waals surface area contributed by atoms with Gasteiger partial charge in [-0.25, -0.2) is 9.07 Å². The molecule has 2 aromatic carbocycles. The largest absolute Gasteiger partial charge is 0.497 e. The Hall–Kier alpha value is -3.68. The summed E-state index contributed by atoms with van der Waals surface area (Å²) in [5.41, 5.74) is 1.59. The molecule has 1 aliphatic rings. The van der Waals surface area contributed by atoms with Crippen molar-refractivity contribution in [3.05, 3.63) is 66.1 Å². The average Bonchev–Trinajstić information content (AvgIpc) is 3.29. The van der Waals surface area contributed by atoms with Crippen molar-refractivity contribution in [2.24, 2.45) is 5.92 Å². The average molecular weight is 451 g/mol. The zero-order valence-corrected chi connectivity index (χ0v) is 18.7. The summed E-state index contributed by atoms with van der Waals surface area (Å²) in [6.07, 6.45) is 1.38. The summed E-state index contributed by atoms with van der Waals surface area (Å²) in [6.45, 7) is 2.87. The van der Waals surface area contributed by atoms with Gasteiger partial charge in [-0.05, 0) is 62.2 Å². The van der Waals surface area contributed by atoms with Crippen molar-refractivity contribution >= 4 is 11.9 Å². The molecule has 0 aliphatic carbocycles. The Morgan fingerprint density at radius 1 is 1.15 bits per heavy atom. The minimum atomic E-state index is -0.420. The van der Waals surface area contributed by atoms with Gasteiger partial charge in [-0.3, -0.25) is 9.59 Å². The number of aromatic nitrogens is 2. The number of hydrogen-bond acceptors (Lipinski definition) is 5. The molecule has 0 radical (unpaired) electrons. The van der Waals surface area contributed by atoms with E-state index in [9.17, 15) is 14.0 Å². The van der Waals surface area contributed by atoms with Gasteiger partial charge in [0.15, 0.2) is 0 Å². The Kier molecular flexibility index (Phi) is 6.72. The number of amides is 1. The summed E-state index contributed by atoms with van der Waals surface area (Å²) < 4.78 is 26.4. The summed E-state index contributed by atoms with van der Waals surface area (Å²) in [6, 6.07) is 15.0. The summed E-state index contributed by atoms with van der Waals surface area (Å²) in [5.74, 6) is -0.663. The van der Waals surface area contributed by atoms with Crippen molar-refractivity contribution in [3.8, 4) is 22.7 Å². The second kappa shape index (κ2) is 9.85. The number of benzene rings is 2. The molecular weight excluding hydrogens is 425 g/mol. The van der Waals surface area contributed by atoms with Gasteiger partial charge >= 0.3 is 5.97 Å². The molecule has 1 saturated heterocycles. The van der Waals surface area contributed by atoms with Crippen LogP contribution in [0.15, 0.2) is 54.6 Å². The first kappa shape index (κ1) is 22.5. The Morgan fingerprint density at radius 3 is 2.61 bits per heavy atom. The molecule has 1 amide bonds. The number of hydrogen-bond donors (Lipinski definition) is 0. The van der Waals surface area contributed by atoms with Gasteiger partial charge in [-0.1, -0.05) is 12.1 Å². The van der Waals surface area contributed by atoms with Gasteiger partial charge in [0.25, 0.3) is 5.91 Å². The topological polar surface area (TPSA) is 73.7 Å². The van der Waals surface area contributed by atoms with E-state index in [1.54, 1.807) is 67.5 Å². The summed E-state index contributed by atoms with van der Waals surface area (Å²) in [5, 5.41) is 4.56. The number of likely N-dealkylation sites (tertiary alicyclic amines) is 1. The fraction of sp³-hybridized carbons (Fsp3) is 0.320. The number of rotatable bonds is 6. The van der Waals surface area contributed by atoms with Crippen molar-refractivity contribution < 1.29 is 23.5 Å². The third-order valence-corrected chi connectivity index (χ3v) is 5.72. The van der Waals surface area contributed by atoms with Crippen molar-refractivity contribution in [2.75, 3.05) is 26.8 Å². The van der Waals surface area contributed by atoms with Crippen LogP contribution in [-0.2, 0) is 9.53 Å². The molecule has 1 fully saturated rings. The predicted molar refractivity (Wildman–Crippen MR) is 121 cm³/mol. The fourth-order valence-corrected chi connectivity index (χ4v) is 4.03. The maximum Gasteiger partial charge on any atom is 0.310 e. The third kappa shape index (κ3) is 4.74. The smallest absolute Gasteiger partial charge is 0.310 e. The van der Waals surface area contributed by atoms with Gasteiger partial charge in [-0.2, -0.15) is 5.10 Å². The van der Waals surface area contributed by atoms with Crippen LogP contribution in [0, 0.1) is 11.7 Å². The van der Waals surface area contributed by atoms with Crippen molar-refractivity contribution in [1.29, 1.82) is 0 Å². The number of ether oxygens (including phenoxy) is 2. The van der Waals surface area contributed by atoms with Gasteiger partial charge in [0.1, 0.15) is 17.3 Å². The van der Waals surface area contributed by atoms with E-state index in [0.717, 1.165) is 0 Å². The number of piperidine rings is 1. The first-order valence-corrected chi connectivity index (χ1v) is 11.0. The summed E-state index contributed by atoms with van der Waals surface area (Å²) in [7, 11) is 1.57. The molecule has 172 valence electrons. The molecule has 4 rings (SSSR count). The first-order chi connectivity index (χ1) is 16.0. The summed E-state index contributed by atoms with van der Waals surface area (Å²) in [4.78, 5) is 27.5. The number of esters is 1. The molecule has 1 aliphatic heterocycles. The quantitative estimate of drug-likeness (QED) is 0.528. The van der Waals surface area contributed by atoms with Crippen LogP contribution >= 0.6 is 0 Å². The van der Waals surface area contributed by atoms with Crippen LogP contribution in [0.4, 0.5) is 4.39 Å². The van der Waals surface area contributed by atoms with E-state index in [4.69, 9.17) is 9.47 Å². The molecule has 0 bridgehead atoms. The van der Waals surface area contributed by atoms with Gasteiger partial charge in [0.05, 0.1) is 31.0 Å². The number of nitrogens with zero attached hydrogens (tertiary/aromatic N) is 3. The molecule has 1 unspecified atom stereocenters. The monoisotopic (exact) mass is 451 g/mol. The van der Waals surface area contributed by atoms with E-state index < -0.39 is 5.82 Å². The minimum Gasteiger partial charge on any atom is -0.497 e. The van der Waals surface area contributed by atoms with E-state index >= 15 is 0 Å². The number of halogens is 1. The zero-order chi connectivity index (χ0) is 23.4. The van der Waals surface area contributed by atoms with Crippen LogP contribution in [0.1, 0.15) is 30.3 Å². The lowest BCUT2D eigenvalue weighted by molar-refractivity contribution is -0.149. The van der Waals surface area contributed by atoms with Gasteiger partial charge < -0.3 is 14.4 Å². The Labute approximate surface area is 191 Å². The molecule has 2 heterocycles. The fourth-order valence-electron chi connectivity index (χ4n) is 4.03. The molecule has 33 heavy (non-hydrogen) atoms. The molecule has 1 aromatic heterocycles. The second-order valence-corrected chi connectivity index (χ2v) is 7.85. The standard InChI is InChI=1S/C25H26FN3O4/c1-3-33-25(31)17-7-6-14-28(16-17)24(30)23-15-22(20-8-4-5-9-21(20)26)27-29(23)18-10-12-19(32-2)13-11-18/h4-5,8-13,15,17H,3,6-7,14,16H2,1-2H3. The van der Waals surface area contributed by atoms with Crippen LogP contribution in [0.25, 0.3) is 16.9 Å². The van der Waals surface area contributed by atoms with Crippen molar-refractivity contribution in [1.82, 2.24) is 14.7 Å². The normalized spacial score (nSPS) is 15.8. The van der Waals surface area contributed by atoms with Crippen LogP contribution < -0.4 is 4.74 Å². The maximum atomic E-state index is 14.5. The van der Waals surface area contributed by atoms with E-state index in [0.29, 0.717) is 54.4 Å². The first-order valence-electron chi connectivity index (χ1n) is 11.0. The third-order valence-electron chi connectivity index (χ3n) is 5.72. The van der Waals surface area contributed by atoms with Crippen molar-refractivity contribution in [2.45, 2.75) is 19.8 Å². The van der Waals surface area contributed by atoms with E-state index in [1.165, 1.54) is 10.7 Å². The van der Waals surface area contributed by atoms with Crippen LogP contribution in [0.3, 0.4) is 0 Å². The minimum absolute atomic E-state index is 0.269. The Balaban J connectivity index is 1.71. The predicted octanol–water partition coefficient (Wildman–Crippen LogP) is 4.10. The lowest BCUT2D eigenvalue weighted by atomic mass is 9.98. The SMILES string of the molecule is CCOC(=O)C1CCCN(C(=O)c2cc(-c3ccccc3F)nn2-c2ccc(OC)cc2)C1. The van der Waals surface area contributed by atoms with E-state index in [-0.39, 0.29) is 24.3 Å². The molecule has 3 aromatic rings. The molecule has 1 atom stereocenters. The molecule has 0 N–H and O–H groups in total. The number of carbonyl (C=O) groups excluding carboxylic acids is 2. The highest BCUT2D eigenvalue weighted by Gasteiger charge is 2.32. The highest BCUT2D eigenvalue weighted by molar-refractivity contribution is 5.95. The number of methoxy groups -OCH3 is 1. The van der Waals surface area contributed by atoms with E-state index in [1.807, 2.05) is 0 Å². The molecule has 0 saturated carbocycles. The highest BCUT2D eigenvalue weighted by atomic mass is 19.1. The maximum absolute atomic E-state index is 14.5. The molecule has 0 spiro atoms. The zero-order valence-electron chi connectivity index (χ0n) is 18.7. The van der Waals surface area contributed by atoms with Gasteiger partial charge in [-0.15, -0.1) is 0 Å². The van der Waals surface area contributed by atoms with E-state index in [2.05, 4.69) is 5.10 Å². The van der Waals surface area contributed by atoms with Crippen molar-refractivity contribution in [3.63, 3.8) is 0 Å². The molecular formula is C25H26FN3O4. The van der Waals surface area contributed by atoms with Crippen LogP contribution in [0.5, 0.6) is 5.75 Å². The van der Waals surface area contributed by atoms with Crippen LogP contribution in [0.2, 0.25) is 0 Å². The molecule has 8 heteroatoms. The Morgan fingerprint density at radius 2 is 1.91 bits per heavy atom. The summed E-state index contributed by atoms with van der Waals surface area (Å²) >= 11 is 0. The van der Waals surface area contributed by atoms with Gasteiger partial charge in [0, 0.05) is 18.7 Å². The lowest BCUT2D eigenvalue weighted by Gasteiger charge is -2.31. The second-order valence-electron chi connectivity index (χ2n) is 7.85. The van der Waals surface area contributed by atoms with Gasteiger partial charge in [0.2, 0.25) is 0 Å². The highest BCUT2D eigenvalue weighted by Crippen LogP contribution is 2.27. The number of carbonyl (C=O) groups is 2. The molecule has 7 nitrogen and oxygen atoms in total. The lowest BCUT2D eigenvalue weighted by Crippen LogP contribution is -2.43. The Bertz CT molecular complexity index is 1140. The van der Waals surface area contributed by atoms with Crippen LogP contribution in [-0.4, -0.2) is 53.4 Å².